The molecule has 0 aliphatic heterocycles. The molecule has 0 amide bonds. The molecule has 0 heterocycles. The summed E-state index contributed by atoms with van der Waals surface area (Å²) in [6.07, 6.45) is -0.423. The van der Waals surface area contributed by atoms with Crippen LogP contribution in [0.5, 0.6) is 0 Å². The minimum absolute atomic E-state index is 0.284. The van der Waals surface area contributed by atoms with Crippen LogP contribution in [0.2, 0.25) is 0 Å². The van der Waals surface area contributed by atoms with E-state index in [9.17, 15) is 5.21 Å². The molecule has 5 heteroatoms. The molecule has 4 rings (SSSR count). The van der Waals surface area contributed by atoms with Crippen LogP contribution >= 0.6 is 0 Å². The molecule has 4 aromatic rings. The third kappa shape index (κ3) is 9.25. The van der Waals surface area contributed by atoms with E-state index in [4.69, 9.17) is 14.2 Å². The summed E-state index contributed by atoms with van der Waals surface area (Å²) in [4.78, 5) is 0. The van der Waals surface area contributed by atoms with Crippen LogP contribution in [0.25, 0.3) is 0 Å². The molecule has 192 valence electrons. The predicted octanol–water partition coefficient (Wildman–Crippen LogP) is 6.27. The molecule has 0 aliphatic carbocycles. The van der Waals surface area contributed by atoms with E-state index in [0.29, 0.717) is 33.0 Å². The Morgan fingerprint density at radius 1 is 0.514 bits per heavy atom. The molecule has 1 N–H and O–H groups in total. The quantitative estimate of drug-likeness (QED) is 0.196. The first-order valence-corrected chi connectivity index (χ1v) is 12.7. The summed E-state index contributed by atoms with van der Waals surface area (Å²) in [5, 5.41) is 12.6. The zero-order chi connectivity index (χ0) is 25.5. The number of nitrogens with zero attached hydrogens (tertiary/aromatic N) is 1. The van der Waals surface area contributed by atoms with Crippen molar-refractivity contribution in [1.82, 2.24) is 5.06 Å². The fraction of sp³-hybridized carbons (Fsp3) is 0.250. The highest BCUT2D eigenvalue weighted by Gasteiger charge is 2.29. The lowest BCUT2D eigenvalue weighted by atomic mass is 10.1. The summed E-state index contributed by atoms with van der Waals surface area (Å²) >= 11 is 0. The van der Waals surface area contributed by atoms with Gasteiger partial charge in [0.2, 0.25) is 0 Å². The highest BCUT2D eigenvalue weighted by Crippen LogP contribution is 2.16. The maximum Gasteiger partial charge on any atom is 0.101 e. The number of ether oxygens (including phenoxy) is 3. The first kappa shape index (κ1) is 26.7. The second kappa shape index (κ2) is 15.1. The second-order valence-corrected chi connectivity index (χ2v) is 8.99. The van der Waals surface area contributed by atoms with E-state index in [0.717, 1.165) is 22.3 Å². The summed E-state index contributed by atoms with van der Waals surface area (Å²) in [7, 11) is 0. The van der Waals surface area contributed by atoms with Crippen molar-refractivity contribution in [3.8, 4) is 0 Å². The van der Waals surface area contributed by atoms with Gasteiger partial charge in [0, 0.05) is 6.54 Å². The molecule has 0 radical (unpaired) electrons. The van der Waals surface area contributed by atoms with Gasteiger partial charge in [0.1, 0.15) is 6.10 Å². The number of hydrogen-bond donors (Lipinski definition) is 1. The van der Waals surface area contributed by atoms with Crippen LogP contribution in [-0.4, -0.2) is 35.6 Å². The Morgan fingerprint density at radius 2 is 0.919 bits per heavy atom. The summed E-state index contributed by atoms with van der Waals surface area (Å²) < 4.78 is 18.6. The van der Waals surface area contributed by atoms with Gasteiger partial charge in [-0.25, -0.2) is 0 Å². The molecule has 37 heavy (non-hydrogen) atoms. The second-order valence-electron chi connectivity index (χ2n) is 8.99. The predicted molar refractivity (Wildman–Crippen MR) is 145 cm³/mol. The molecule has 0 bridgehead atoms. The van der Waals surface area contributed by atoms with Gasteiger partial charge in [-0.15, -0.1) is 0 Å². The van der Waals surface area contributed by atoms with Crippen LogP contribution in [0.15, 0.2) is 121 Å². The van der Waals surface area contributed by atoms with Crippen molar-refractivity contribution in [3.63, 3.8) is 0 Å². The first-order chi connectivity index (χ1) is 18.3. The number of hydrogen-bond acceptors (Lipinski definition) is 5. The molecular weight excluding hydrogens is 462 g/mol. The summed E-state index contributed by atoms with van der Waals surface area (Å²) in [5.41, 5.74) is 4.24. The van der Waals surface area contributed by atoms with Gasteiger partial charge in [-0.05, 0) is 22.3 Å². The summed E-state index contributed by atoms with van der Waals surface area (Å²) in [5.74, 6) is 0. The standard InChI is InChI=1S/C32H35NO4/c34-33(21-27-13-5-1-6-14-27)31(25-35-22-28-15-7-2-8-16-28)32(37-24-30-19-11-4-12-20-30)26-36-23-29-17-9-3-10-18-29/h1-20,31-32,34H,21-26H2/t31-,32-/m1/s1. The average molecular weight is 498 g/mol. The number of benzene rings is 4. The maximum atomic E-state index is 11.3. The van der Waals surface area contributed by atoms with Gasteiger partial charge >= 0.3 is 0 Å². The Labute approximate surface area is 219 Å². The number of hydroxylamine groups is 2. The molecule has 0 unspecified atom stereocenters. The van der Waals surface area contributed by atoms with Crippen LogP contribution in [0.1, 0.15) is 22.3 Å². The minimum atomic E-state index is -0.441. The Bertz CT molecular complexity index is 1130. The molecule has 0 aromatic heterocycles. The topological polar surface area (TPSA) is 51.2 Å². The van der Waals surface area contributed by atoms with Crippen molar-refractivity contribution in [3.05, 3.63) is 144 Å². The molecule has 0 saturated heterocycles. The molecule has 0 fully saturated rings. The largest absolute Gasteiger partial charge is 0.375 e. The molecule has 0 saturated carbocycles. The van der Waals surface area contributed by atoms with E-state index in [1.165, 1.54) is 5.06 Å². The Kier molecular flexibility index (Phi) is 10.9. The summed E-state index contributed by atoms with van der Waals surface area (Å²) in [6, 6.07) is 39.6. The van der Waals surface area contributed by atoms with E-state index in [2.05, 4.69) is 0 Å². The van der Waals surface area contributed by atoms with Gasteiger partial charge in [0.05, 0.1) is 39.1 Å². The van der Waals surface area contributed by atoms with Gasteiger partial charge in [0.25, 0.3) is 0 Å². The monoisotopic (exact) mass is 497 g/mol. The van der Waals surface area contributed by atoms with E-state index >= 15 is 0 Å². The van der Waals surface area contributed by atoms with Gasteiger partial charge < -0.3 is 19.4 Å². The third-order valence-corrected chi connectivity index (χ3v) is 6.10. The first-order valence-electron chi connectivity index (χ1n) is 12.7. The molecule has 5 nitrogen and oxygen atoms in total. The lowest BCUT2D eigenvalue weighted by Crippen LogP contribution is -2.48. The highest BCUT2D eigenvalue weighted by atomic mass is 16.6. The van der Waals surface area contributed by atoms with Crippen molar-refractivity contribution >= 4 is 0 Å². The van der Waals surface area contributed by atoms with E-state index in [1.54, 1.807) is 0 Å². The molecule has 4 aromatic carbocycles. The lowest BCUT2D eigenvalue weighted by Gasteiger charge is -2.33. The number of rotatable bonds is 15. The molecule has 0 spiro atoms. The van der Waals surface area contributed by atoms with Crippen molar-refractivity contribution in [2.24, 2.45) is 0 Å². The van der Waals surface area contributed by atoms with E-state index < -0.39 is 12.1 Å². The fourth-order valence-electron chi connectivity index (χ4n) is 4.06. The van der Waals surface area contributed by atoms with Crippen LogP contribution in [0.3, 0.4) is 0 Å². The van der Waals surface area contributed by atoms with Crippen molar-refractivity contribution in [2.75, 3.05) is 13.2 Å². The van der Waals surface area contributed by atoms with Crippen LogP contribution in [-0.2, 0) is 40.6 Å². The van der Waals surface area contributed by atoms with Crippen LogP contribution in [0, 0.1) is 0 Å². The molecular formula is C32H35NO4. The Hall–Kier alpha value is -3.32. The Balaban J connectivity index is 1.47. The average Bonchev–Trinajstić information content (AvgIpc) is 2.95. The van der Waals surface area contributed by atoms with Crippen molar-refractivity contribution in [2.45, 2.75) is 38.5 Å². The minimum Gasteiger partial charge on any atom is -0.375 e. The van der Waals surface area contributed by atoms with Crippen LogP contribution in [0.4, 0.5) is 0 Å². The zero-order valence-electron chi connectivity index (χ0n) is 21.1. The van der Waals surface area contributed by atoms with Gasteiger partial charge in [-0.2, -0.15) is 5.06 Å². The van der Waals surface area contributed by atoms with Gasteiger partial charge in [-0.1, -0.05) is 121 Å². The third-order valence-electron chi connectivity index (χ3n) is 6.10. The van der Waals surface area contributed by atoms with Crippen molar-refractivity contribution in [1.29, 1.82) is 0 Å². The fourth-order valence-corrected chi connectivity index (χ4v) is 4.06. The van der Waals surface area contributed by atoms with Crippen molar-refractivity contribution < 1.29 is 19.4 Å². The lowest BCUT2D eigenvalue weighted by molar-refractivity contribution is -0.199. The molecule has 0 aliphatic rings. The van der Waals surface area contributed by atoms with Gasteiger partial charge in [-0.3, -0.25) is 0 Å². The smallest absolute Gasteiger partial charge is 0.101 e. The SMILES string of the molecule is ON(Cc1ccccc1)[C@H](COCc1ccccc1)[C@@H](COCc1ccccc1)OCc1ccccc1. The van der Waals surface area contributed by atoms with Gasteiger partial charge in [0.15, 0.2) is 0 Å². The van der Waals surface area contributed by atoms with E-state index in [-0.39, 0.29) is 6.61 Å². The van der Waals surface area contributed by atoms with E-state index in [1.807, 2.05) is 121 Å². The Morgan fingerprint density at radius 3 is 1.41 bits per heavy atom. The molecule has 2 atom stereocenters. The summed E-state index contributed by atoms with van der Waals surface area (Å²) in [6.45, 7) is 2.28. The maximum absolute atomic E-state index is 11.3. The van der Waals surface area contributed by atoms with Crippen LogP contribution < -0.4 is 0 Å². The normalized spacial score (nSPS) is 12.9. The zero-order valence-corrected chi connectivity index (χ0v) is 21.1. The highest BCUT2D eigenvalue weighted by molar-refractivity contribution is 5.16.